The van der Waals surface area contributed by atoms with Crippen LogP contribution in [0.2, 0.25) is 0 Å². The van der Waals surface area contributed by atoms with Crippen LogP contribution in [0.1, 0.15) is 40.9 Å². The SMILES string of the molecule is C=C(O)CCCC(N)Oc1ccsc1C(=O)CCc1ccccc1. The predicted molar refractivity (Wildman–Crippen MR) is 97.6 cm³/mol. The van der Waals surface area contributed by atoms with Crippen molar-refractivity contribution in [2.75, 3.05) is 0 Å². The lowest BCUT2D eigenvalue weighted by atomic mass is 10.1. The molecule has 0 bridgehead atoms. The average Bonchev–Trinajstić information content (AvgIpc) is 3.01. The van der Waals surface area contributed by atoms with Gasteiger partial charge in [0.2, 0.25) is 0 Å². The summed E-state index contributed by atoms with van der Waals surface area (Å²) in [5.41, 5.74) is 7.09. The number of carbonyl (C=O) groups excluding carboxylic acids is 1. The first-order valence-electron chi connectivity index (χ1n) is 8.00. The summed E-state index contributed by atoms with van der Waals surface area (Å²) in [6, 6.07) is 11.7. The van der Waals surface area contributed by atoms with Gasteiger partial charge in [-0.25, -0.2) is 0 Å². The molecule has 2 rings (SSSR count). The third-order valence-electron chi connectivity index (χ3n) is 3.60. The smallest absolute Gasteiger partial charge is 0.176 e. The van der Waals surface area contributed by atoms with Crippen molar-refractivity contribution in [1.29, 1.82) is 0 Å². The molecule has 0 radical (unpaired) electrons. The number of ether oxygens (including phenoxy) is 1. The monoisotopic (exact) mass is 345 g/mol. The summed E-state index contributed by atoms with van der Waals surface area (Å²) >= 11 is 1.38. The van der Waals surface area contributed by atoms with Gasteiger partial charge in [-0.3, -0.25) is 10.5 Å². The van der Waals surface area contributed by atoms with Gasteiger partial charge in [0.25, 0.3) is 0 Å². The maximum absolute atomic E-state index is 12.4. The van der Waals surface area contributed by atoms with Crippen LogP contribution in [0.25, 0.3) is 0 Å². The minimum absolute atomic E-state index is 0.0692. The van der Waals surface area contributed by atoms with Crippen LogP contribution in [0.15, 0.2) is 54.1 Å². The number of nitrogens with two attached hydrogens (primary N) is 1. The highest BCUT2D eigenvalue weighted by atomic mass is 32.1. The van der Waals surface area contributed by atoms with Gasteiger partial charge in [0.1, 0.15) is 16.9 Å². The van der Waals surface area contributed by atoms with Crippen LogP contribution < -0.4 is 10.5 Å². The summed E-state index contributed by atoms with van der Waals surface area (Å²) < 4.78 is 5.70. The zero-order chi connectivity index (χ0) is 17.4. The molecule has 4 nitrogen and oxygen atoms in total. The maximum atomic E-state index is 12.4. The number of aryl methyl sites for hydroxylation is 1. The number of carbonyl (C=O) groups is 1. The van der Waals surface area contributed by atoms with Crippen LogP contribution in [0.4, 0.5) is 0 Å². The third-order valence-corrected chi connectivity index (χ3v) is 4.53. The third kappa shape index (κ3) is 5.83. The molecule has 0 aliphatic carbocycles. The van der Waals surface area contributed by atoms with E-state index in [0.29, 0.717) is 42.7 Å². The van der Waals surface area contributed by atoms with E-state index in [1.165, 1.54) is 11.3 Å². The second-order valence-corrected chi connectivity index (χ2v) is 6.55. The second-order valence-electron chi connectivity index (χ2n) is 5.64. The highest BCUT2D eigenvalue weighted by molar-refractivity contribution is 7.12. The summed E-state index contributed by atoms with van der Waals surface area (Å²) in [7, 11) is 0. The number of allylic oxidation sites excluding steroid dienone is 1. The van der Waals surface area contributed by atoms with Gasteiger partial charge in [-0.1, -0.05) is 36.9 Å². The molecule has 3 N–H and O–H groups in total. The van der Waals surface area contributed by atoms with Gasteiger partial charge in [0.15, 0.2) is 5.78 Å². The zero-order valence-corrected chi connectivity index (χ0v) is 14.4. The van der Waals surface area contributed by atoms with Gasteiger partial charge in [0.05, 0.1) is 5.76 Å². The molecular formula is C19H23NO3S. The molecule has 128 valence electrons. The minimum Gasteiger partial charge on any atom is -0.513 e. The number of aliphatic hydroxyl groups excluding tert-OH is 1. The van der Waals surface area contributed by atoms with Crippen molar-refractivity contribution in [2.24, 2.45) is 5.73 Å². The molecule has 1 unspecified atom stereocenters. The molecule has 1 aromatic heterocycles. The Bertz CT molecular complexity index is 666. The number of thiophene rings is 1. The van der Waals surface area contributed by atoms with Gasteiger partial charge in [-0.15, -0.1) is 11.3 Å². The van der Waals surface area contributed by atoms with E-state index >= 15 is 0 Å². The first-order chi connectivity index (χ1) is 11.6. The van der Waals surface area contributed by atoms with E-state index in [9.17, 15) is 4.79 Å². The molecule has 0 aliphatic rings. The Morgan fingerprint density at radius 3 is 2.71 bits per heavy atom. The quantitative estimate of drug-likeness (QED) is 0.378. The first-order valence-corrected chi connectivity index (χ1v) is 8.88. The Labute approximate surface area is 146 Å². The number of benzene rings is 1. The van der Waals surface area contributed by atoms with E-state index in [2.05, 4.69) is 6.58 Å². The normalized spacial score (nSPS) is 11.9. The fraction of sp³-hybridized carbons (Fsp3) is 0.316. The van der Waals surface area contributed by atoms with E-state index in [-0.39, 0.29) is 11.5 Å². The average molecular weight is 345 g/mol. The highest BCUT2D eigenvalue weighted by Crippen LogP contribution is 2.28. The zero-order valence-electron chi connectivity index (χ0n) is 13.6. The van der Waals surface area contributed by atoms with Gasteiger partial charge >= 0.3 is 0 Å². The predicted octanol–water partition coefficient (Wildman–Crippen LogP) is 4.47. The summed E-state index contributed by atoms with van der Waals surface area (Å²) in [5.74, 6) is 0.766. The Morgan fingerprint density at radius 1 is 1.25 bits per heavy atom. The largest absolute Gasteiger partial charge is 0.513 e. The van der Waals surface area contributed by atoms with Crippen LogP contribution in [-0.4, -0.2) is 17.1 Å². The first kappa shape index (κ1) is 18.2. The Kier molecular flexibility index (Phi) is 7.03. The van der Waals surface area contributed by atoms with E-state index in [1.807, 2.05) is 35.7 Å². The number of aliphatic hydroxyl groups is 1. The van der Waals surface area contributed by atoms with Crippen molar-refractivity contribution in [3.05, 3.63) is 64.6 Å². The molecule has 0 aliphatic heterocycles. The lowest BCUT2D eigenvalue weighted by Gasteiger charge is -2.14. The Hall–Kier alpha value is -2.11. The lowest BCUT2D eigenvalue weighted by molar-refractivity contribution is 0.0979. The standard InChI is InChI=1S/C19H23NO3S/c1-14(21)6-5-9-18(20)23-17-12-13-24-19(17)16(22)11-10-15-7-3-2-4-8-15/h2-4,7-8,12-13,18,21H,1,5-6,9-11,20H2. The van der Waals surface area contributed by atoms with Crippen molar-refractivity contribution in [3.8, 4) is 5.75 Å². The molecule has 2 aromatic rings. The van der Waals surface area contributed by atoms with Gasteiger partial charge < -0.3 is 9.84 Å². The fourth-order valence-corrected chi connectivity index (χ4v) is 3.13. The second kappa shape index (κ2) is 9.25. The molecule has 0 fully saturated rings. The molecule has 1 atom stereocenters. The van der Waals surface area contributed by atoms with Crippen molar-refractivity contribution < 1.29 is 14.6 Å². The minimum atomic E-state index is -0.500. The molecule has 1 aromatic carbocycles. The van der Waals surface area contributed by atoms with E-state index in [4.69, 9.17) is 15.6 Å². The Balaban J connectivity index is 1.86. The molecular weight excluding hydrogens is 322 g/mol. The van der Waals surface area contributed by atoms with Crippen LogP contribution in [0.3, 0.4) is 0 Å². The van der Waals surface area contributed by atoms with Gasteiger partial charge in [-0.05, 0) is 36.3 Å². The molecule has 24 heavy (non-hydrogen) atoms. The van der Waals surface area contributed by atoms with Crippen molar-refractivity contribution in [3.63, 3.8) is 0 Å². The summed E-state index contributed by atoms with van der Waals surface area (Å²) in [6.45, 7) is 3.44. The van der Waals surface area contributed by atoms with Crippen molar-refractivity contribution >= 4 is 17.1 Å². The van der Waals surface area contributed by atoms with Crippen LogP contribution in [0, 0.1) is 0 Å². The van der Waals surface area contributed by atoms with Crippen LogP contribution in [0.5, 0.6) is 5.75 Å². The van der Waals surface area contributed by atoms with Crippen LogP contribution in [-0.2, 0) is 6.42 Å². The molecule has 1 heterocycles. The molecule has 0 saturated heterocycles. The number of rotatable bonds is 10. The molecule has 0 spiro atoms. The molecule has 0 saturated carbocycles. The number of ketones is 1. The fourth-order valence-electron chi connectivity index (χ4n) is 2.34. The molecule has 0 amide bonds. The molecule has 5 heteroatoms. The van der Waals surface area contributed by atoms with E-state index in [1.54, 1.807) is 6.07 Å². The topological polar surface area (TPSA) is 72.6 Å². The van der Waals surface area contributed by atoms with Crippen LogP contribution >= 0.6 is 11.3 Å². The van der Waals surface area contributed by atoms with Gasteiger partial charge in [-0.2, -0.15) is 0 Å². The van der Waals surface area contributed by atoms with Crippen molar-refractivity contribution in [2.45, 2.75) is 38.3 Å². The van der Waals surface area contributed by atoms with Gasteiger partial charge in [0, 0.05) is 12.8 Å². The maximum Gasteiger partial charge on any atom is 0.176 e. The number of hydrogen-bond acceptors (Lipinski definition) is 5. The van der Waals surface area contributed by atoms with E-state index < -0.39 is 6.23 Å². The van der Waals surface area contributed by atoms with Crippen molar-refractivity contribution in [1.82, 2.24) is 0 Å². The number of hydrogen-bond donors (Lipinski definition) is 2. The summed E-state index contributed by atoms with van der Waals surface area (Å²) in [6.07, 6.45) is 2.44. The Morgan fingerprint density at radius 2 is 2.00 bits per heavy atom. The summed E-state index contributed by atoms with van der Waals surface area (Å²) in [5, 5.41) is 10.9. The summed E-state index contributed by atoms with van der Waals surface area (Å²) in [4.78, 5) is 13.0. The van der Waals surface area contributed by atoms with E-state index in [0.717, 1.165) is 5.56 Å². The number of Topliss-reactive ketones (excluding diaryl/α,β-unsaturated/α-hetero) is 1. The highest BCUT2D eigenvalue weighted by Gasteiger charge is 2.16. The lowest BCUT2D eigenvalue weighted by Crippen LogP contribution is -2.27.